The molecule has 1 aliphatic heterocycles. The van der Waals surface area contributed by atoms with Crippen LogP contribution in [0.5, 0.6) is 0 Å². The van der Waals surface area contributed by atoms with Gasteiger partial charge in [-0.1, -0.05) is 5.16 Å². The molecule has 2 aliphatic rings. The Kier molecular flexibility index (Phi) is 3.90. The normalized spacial score (nSPS) is 21.7. The summed E-state index contributed by atoms with van der Waals surface area (Å²) in [4.78, 5) is 21.4. The van der Waals surface area contributed by atoms with Crippen LogP contribution in [0.3, 0.4) is 0 Å². The summed E-state index contributed by atoms with van der Waals surface area (Å²) in [6, 6.07) is 4.75. The molecule has 23 heavy (non-hydrogen) atoms. The lowest BCUT2D eigenvalue weighted by molar-refractivity contribution is 0.0937. The minimum absolute atomic E-state index is 0.118. The molecule has 0 spiro atoms. The number of hydrogen-bond donors (Lipinski definition) is 1. The van der Waals surface area contributed by atoms with Crippen LogP contribution in [0.15, 0.2) is 16.7 Å². The van der Waals surface area contributed by atoms with Gasteiger partial charge in [-0.05, 0) is 51.3 Å². The predicted octanol–water partition coefficient (Wildman–Crippen LogP) is 2.67. The number of rotatable bonds is 5. The van der Waals surface area contributed by atoms with Gasteiger partial charge >= 0.3 is 0 Å². The van der Waals surface area contributed by atoms with E-state index in [-0.39, 0.29) is 17.8 Å². The van der Waals surface area contributed by atoms with E-state index in [4.69, 9.17) is 4.52 Å². The van der Waals surface area contributed by atoms with Crippen LogP contribution < -0.4 is 5.32 Å². The van der Waals surface area contributed by atoms with E-state index in [1.165, 1.54) is 9.75 Å². The molecular formula is C16H20N4O2S. The third-order valence-electron chi connectivity index (χ3n) is 4.36. The van der Waals surface area contributed by atoms with Crippen molar-refractivity contribution in [3.8, 4) is 0 Å². The largest absolute Gasteiger partial charge is 0.346 e. The van der Waals surface area contributed by atoms with Gasteiger partial charge in [0.25, 0.3) is 11.7 Å². The summed E-state index contributed by atoms with van der Waals surface area (Å²) in [5.41, 5.74) is 0. The van der Waals surface area contributed by atoms with Crippen molar-refractivity contribution in [1.29, 1.82) is 0 Å². The number of hydrogen-bond acceptors (Lipinski definition) is 6. The summed E-state index contributed by atoms with van der Waals surface area (Å²) in [7, 11) is 0. The Labute approximate surface area is 138 Å². The zero-order chi connectivity index (χ0) is 15.8. The molecule has 3 heterocycles. The Balaban J connectivity index is 1.45. The average molecular weight is 332 g/mol. The lowest BCUT2D eigenvalue weighted by Gasteiger charge is -2.20. The summed E-state index contributed by atoms with van der Waals surface area (Å²) in [6.07, 6.45) is 4.21. The number of nitrogens with zero attached hydrogens (tertiary/aromatic N) is 3. The van der Waals surface area contributed by atoms with Crippen LogP contribution in [0.4, 0.5) is 0 Å². The number of nitrogens with one attached hydrogen (secondary N) is 1. The lowest BCUT2D eigenvalue weighted by Crippen LogP contribution is -2.26. The molecule has 2 fully saturated rings. The molecule has 2 aromatic heterocycles. The van der Waals surface area contributed by atoms with E-state index >= 15 is 0 Å². The van der Waals surface area contributed by atoms with Crippen molar-refractivity contribution in [2.24, 2.45) is 0 Å². The quantitative estimate of drug-likeness (QED) is 0.911. The van der Waals surface area contributed by atoms with Gasteiger partial charge in [-0.15, -0.1) is 11.3 Å². The van der Waals surface area contributed by atoms with Crippen molar-refractivity contribution < 1.29 is 9.32 Å². The van der Waals surface area contributed by atoms with Crippen LogP contribution in [0, 0.1) is 6.92 Å². The second-order valence-electron chi connectivity index (χ2n) is 6.34. The van der Waals surface area contributed by atoms with Gasteiger partial charge < -0.3 is 9.84 Å². The van der Waals surface area contributed by atoms with E-state index in [2.05, 4.69) is 39.4 Å². The molecule has 1 saturated heterocycles. The third-order valence-corrected chi connectivity index (χ3v) is 5.35. The third kappa shape index (κ3) is 3.30. The topological polar surface area (TPSA) is 71.3 Å². The summed E-state index contributed by atoms with van der Waals surface area (Å²) < 4.78 is 5.38. The van der Waals surface area contributed by atoms with Crippen molar-refractivity contribution in [3.05, 3.63) is 33.6 Å². The zero-order valence-corrected chi connectivity index (χ0v) is 13.9. The summed E-state index contributed by atoms with van der Waals surface area (Å²) >= 11 is 1.82. The SMILES string of the molecule is Cc1ccc(CN2CCC[C@@H]2c2nc(C(=O)NC3CC3)no2)s1. The maximum Gasteiger partial charge on any atom is 0.292 e. The van der Waals surface area contributed by atoms with Crippen molar-refractivity contribution in [1.82, 2.24) is 20.4 Å². The number of amides is 1. The Morgan fingerprint density at radius 2 is 2.30 bits per heavy atom. The van der Waals surface area contributed by atoms with Gasteiger partial charge in [-0.3, -0.25) is 9.69 Å². The van der Waals surface area contributed by atoms with Crippen LogP contribution in [0.25, 0.3) is 0 Å². The number of aryl methyl sites for hydroxylation is 1. The molecule has 1 atom stereocenters. The molecule has 1 aliphatic carbocycles. The highest BCUT2D eigenvalue weighted by atomic mass is 32.1. The standard InChI is InChI=1S/C16H20N4O2S/c1-10-4-7-12(23-10)9-20-8-2-3-13(20)16-18-14(19-22-16)15(21)17-11-5-6-11/h4,7,11,13H,2-3,5-6,8-9H2,1H3,(H,17,21)/t13-/m1/s1. The fraction of sp³-hybridized carbons (Fsp3) is 0.562. The van der Waals surface area contributed by atoms with Crippen LogP contribution in [0.1, 0.15) is 58.0 Å². The number of carbonyl (C=O) groups is 1. The number of carbonyl (C=O) groups excluding carboxylic acids is 1. The summed E-state index contributed by atoms with van der Waals surface area (Å²) in [6.45, 7) is 4.04. The first kappa shape index (κ1) is 14.8. The van der Waals surface area contributed by atoms with E-state index < -0.39 is 0 Å². The predicted molar refractivity (Wildman–Crippen MR) is 86.2 cm³/mol. The van der Waals surface area contributed by atoms with Gasteiger partial charge in [0.1, 0.15) is 0 Å². The second kappa shape index (κ2) is 6.05. The van der Waals surface area contributed by atoms with E-state index in [0.717, 1.165) is 38.8 Å². The molecule has 0 radical (unpaired) electrons. The fourth-order valence-electron chi connectivity index (χ4n) is 3.01. The maximum atomic E-state index is 12.0. The molecule has 0 aromatic carbocycles. The first-order valence-electron chi connectivity index (χ1n) is 8.13. The Morgan fingerprint density at radius 1 is 1.43 bits per heavy atom. The highest BCUT2D eigenvalue weighted by molar-refractivity contribution is 7.11. The first-order valence-corrected chi connectivity index (χ1v) is 8.94. The second-order valence-corrected chi connectivity index (χ2v) is 7.72. The van der Waals surface area contributed by atoms with Crippen LogP contribution in [0.2, 0.25) is 0 Å². The Hall–Kier alpha value is -1.73. The van der Waals surface area contributed by atoms with E-state index in [0.29, 0.717) is 11.9 Å². The minimum Gasteiger partial charge on any atom is -0.346 e. The molecule has 6 nitrogen and oxygen atoms in total. The van der Waals surface area contributed by atoms with Crippen molar-refractivity contribution in [2.75, 3.05) is 6.54 Å². The van der Waals surface area contributed by atoms with Crippen LogP contribution in [-0.4, -0.2) is 33.5 Å². The van der Waals surface area contributed by atoms with Gasteiger partial charge in [-0.25, -0.2) is 0 Å². The molecule has 1 N–H and O–H groups in total. The van der Waals surface area contributed by atoms with Gasteiger partial charge in [0.05, 0.1) is 6.04 Å². The van der Waals surface area contributed by atoms with E-state index in [1.807, 2.05) is 11.3 Å². The van der Waals surface area contributed by atoms with E-state index in [9.17, 15) is 4.79 Å². The molecule has 7 heteroatoms. The smallest absolute Gasteiger partial charge is 0.292 e. The summed E-state index contributed by atoms with van der Waals surface area (Å²) in [5, 5.41) is 6.76. The van der Waals surface area contributed by atoms with Gasteiger partial charge in [-0.2, -0.15) is 4.98 Å². The highest BCUT2D eigenvalue weighted by Crippen LogP contribution is 2.33. The Morgan fingerprint density at radius 3 is 3.04 bits per heavy atom. The molecule has 0 bridgehead atoms. The molecule has 2 aromatic rings. The van der Waals surface area contributed by atoms with Gasteiger partial charge in [0.2, 0.25) is 5.89 Å². The molecule has 4 rings (SSSR count). The lowest BCUT2D eigenvalue weighted by atomic mass is 10.2. The van der Waals surface area contributed by atoms with Crippen LogP contribution in [-0.2, 0) is 6.54 Å². The summed E-state index contributed by atoms with van der Waals surface area (Å²) in [5.74, 6) is 0.503. The van der Waals surface area contributed by atoms with Crippen molar-refractivity contribution in [2.45, 2.75) is 51.2 Å². The van der Waals surface area contributed by atoms with Crippen molar-refractivity contribution in [3.63, 3.8) is 0 Å². The Bertz CT molecular complexity index is 707. The van der Waals surface area contributed by atoms with E-state index in [1.54, 1.807) is 0 Å². The maximum absolute atomic E-state index is 12.0. The molecule has 1 amide bonds. The molecule has 0 unspecified atom stereocenters. The highest BCUT2D eigenvalue weighted by Gasteiger charge is 2.32. The van der Waals surface area contributed by atoms with Gasteiger partial charge in [0.15, 0.2) is 0 Å². The average Bonchev–Trinajstić information content (AvgIpc) is 2.96. The van der Waals surface area contributed by atoms with Gasteiger partial charge in [0, 0.05) is 22.3 Å². The zero-order valence-electron chi connectivity index (χ0n) is 13.1. The number of thiophene rings is 1. The number of aromatic nitrogens is 2. The first-order chi connectivity index (χ1) is 11.2. The number of likely N-dealkylation sites (tertiary alicyclic amines) is 1. The molecular weight excluding hydrogens is 312 g/mol. The minimum atomic E-state index is -0.221. The molecule has 1 saturated carbocycles. The molecule has 122 valence electrons. The van der Waals surface area contributed by atoms with Crippen molar-refractivity contribution >= 4 is 17.2 Å². The fourth-order valence-corrected chi connectivity index (χ4v) is 3.92. The van der Waals surface area contributed by atoms with Crippen LogP contribution >= 0.6 is 11.3 Å². The monoisotopic (exact) mass is 332 g/mol.